The zero-order valence-electron chi connectivity index (χ0n) is 17.1. The first kappa shape index (κ1) is 22.9. The van der Waals surface area contributed by atoms with Gasteiger partial charge in [-0.05, 0) is 36.6 Å². The van der Waals surface area contributed by atoms with Gasteiger partial charge in [-0.15, -0.1) is 0 Å². The number of fused-ring (bicyclic) bond motifs is 1. The second-order valence-corrected chi connectivity index (χ2v) is 7.90. The standard InChI is InChI=1S/C20H20F6N4O/c1-9(2)18(11-5-12(19(21,22)23)7-13(6-11)20(24,25)26)14(8-27)16(28)31-17-15(18)10(3)29-30(17)4/h5-7,9,14,16H,28H2,1-4H3. The minimum Gasteiger partial charge on any atom is -0.457 e. The number of nitrogens with zero attached hydrogens (tertiary/aromatic N) is 3. The Labute approximate surface area is 174 Å². The Morgan fingerprint density at radius 2 is 1.65 bits per heavy atom. The highest BCUT2D eigenvalue weighted by molar-refractivity contribution is 5.54. The molecule has 31 heavy (non-hydrogen) atoms. The summed E-state index contributed by atoms with van der Waals surface area (Å²) < 4.78 is 88.3. The summed E-state index contributed by atoms with van der Waals surface area (Å²) in [6, 6.07) is 3.35. The summed E-state index contributed by atoms with van der Waals surface area (Å²) in [6.45, 7) is 4.79. The number of aryl methyl sites for hydroxylation is 2. The minimum absolute atomic E-state index is 0.0647. The Morgan fingerprint density at radius 1 is 1.13 bits per heavy atom. The summed E-state index contributed by atoms with van der Waals surface area (Å²) in [5.41, 5.74) is 1.77. The molecule has 0 amide bonds. The molecule has 1 aromatic carbocycles. The van der Waals surface area contributed by atoms with Crippen LogP contribution in [0.4, 0.5) is 26.3 Å². The molecule has 0 radical (unpaired) electrons. The third-order valence-electron chi connectivity index (χ3n) is 5.77. The number of nitriles is 1. The van der Waals surface area contributed by atoms with Crippen LogP contribution in [0.15, 0.2) is 18.2 Å². The molecule has 3 rings (SSSR count). The van der Waals surface area contributed by atoms with E-state index in [-0.39, 0.29) is 23.1 Å². The molecule has 1 aromatic heterocycles. The topological polar surface area (TPSA) is 76.9 Å². The minimum atomic E-state index is -5.03. The molecule has 0 bridgehead atoms. The maximum atomic E-state index is 13.6. The number of alkyl halides is 6. The van der Waals surface area contributed by atoms with Crippen molar-refractivity contribution in [2.45, 2.75) is 44.8 Å². The Bertz CT molecular complexity index is 1020. The van der Waals surface area contributed by atoms with Crippen LogP contribution >= 0.6 is 0 Å². The van der Waals surface area contributed by atoms with E-state index in [4.69, 9.17) is 10.5 Å². The summed E-state index contributed by atoms with van der Waals surface area (Å²) in [5.74, 6) is -1.79. The molecule has 11 heteroatoms. The molecule has 0 aliphatic carbocycles. The number of hydrogen-bond acceptors (Lipinski definition) is 4. The maximum absolute atomic E-state index is 13.6. The van der Waals surface area contributed by atoms with E-state index < -0.39 is 47.0 Å². The molecule has 1 aliphatic rings. The van der Waals surface area contributed by atoms with Crippen LogP contribution in [0.1, 0.15) is 41.8 Å². The number of benzene rings is 1. The predicted molar refractivity (Wildman–Crippen MR) is 97.7 cm³/mol. The number of halogens is 6. The van der Waals surface area contributed by atoms with E-state index >= 15 is 0 Å². The number of rotatable bonds is 2. The van der Waals surface area contributed by atoms with Gasteiger partial charge in [0.15, 0.2) is 6.23 Å². The highest BCUT2D eigenvalue weighted by Gasteiger charge is 2.56. The van der Waals surface area contributed by atoms with Gasteiger partial charge in [0.05, 0.1) is 28.3 Å². The van der Waals surface area contributed by atoms with Gasteiger partial charge in [-0.25, -0.2) is 4.68 Å². The van der Waals surface area contributed by atoms with E-state index in [1.165, 1.54) is 11.7 Å². The number of hydrogen-bond donors (Lipinski definition) is 1. The van der Waals surface area contributed by atoms with Crippen LogP contribution in [0.3, 0.4) is 0 Å². The van der Waals surface area contributed by atoms with Gasteiger partial charge >= 0.3 is 12.4 Å². The number of ether oxygens (including phenoxy) is 1. The van der Waals surface area contributed by atoms with Crippen LogP contribution < -0.4 is 10.5 Å². The Balaban J connectivity index is 2.51. The molecular weight excluding hydrogens is 426 g/mol. The largest absolute Gasteiger partial charge is 0.457 e. The van der Waals surface area contributed by atoms with Gasteiger partial charge in [0.1, 0.15) is 5.92 Å². The van der Waals surface area contributed by atoms with Crippen LogP contribution in [0, 0.1) is 30.1 Å². The van der Waals surface area contributed by atoms with Gasteiger partial charge in [-0.3, -0.25) is 5.73 Å². The van der Waals surface area contributed by atoms with Crippen molar-refractivity contribution in [2.24, 2.45) is 24.6 Å². The van der Waals surface area contributed by atoms with Gasteiger partial charge in [0, 0.05) is 12.6 Å². The van der Waals surface area contributed by atoms with Gasteiger partial charge in [0.2, 0.25) is 5.88 Å². The molecule has 0 saturated carbocycles. The summed E-state index contributed by atoms with van der Waals surface area (Å²) in [4.78, 5) is 0. The van der Waals surface area contributed by atoms with Crippen molar-refractivity contribution >= 4 is 0 Å². The first-order valence-corrected chi connectivity index (χ1v) is 9.31. The van der Waals surface area contributed by atoms with E-state index in [1.807, 2.05) is 6.07 Å². The maximum Gasteiger partial charge on any atom is 0.416 e. The fourth-order valence-corrected chi connectivity index (χ4v) is 4.53. The average Bonchev–Trinajstić information content (AvgIpc) is 2.92. The molecule has 3 atom stereocenters. The van der Waals surface area contributed by atoms with E-state index in [1.54, 1.807) is 20.8 Å². The Kier molecular flexibility index (Phi) is 5.29. The van der Waals surface area contributed by atoms with Crippen LogP contribution in [0.2, 0.25) is 0 Å². The van der Waals surface area contributed by atoms with Crippen molar-refractivity contribution in [1.82, 2.24) is 9.78 Å². The lowest BCUT2D eigenvalue weighted by atomic mass is 9.58. The zero-order valence-corrected chi connectivity index (χ0v) is 17.1. The summed E-state index contributed by atoms with van der Waals surface area (Å²) in [5, 5.41) is 14.1. The molecule has 0 spiro atoms. The molecule has 1 aliphatic heterocycles. The third-order valence-corrected chi connectivity index (χ3v) is 5.77. The van der Waals surface area contributed by atoms with Gasteiger partial charge in [0.25, 0.3) is 0 Å². The fourth-order valence-electron chi connectivity index (χ4n) is 4.53. The highest BCUT2D eigenvalue weighted by atomic mass is 19.4. The first-order valence-electron chi connectivity index (χ1n) is 9.31. The molecule has 2 heterocycles. The Hall–Kier alpha value is -2.74. The lowest BCUT2D eigenvalue weighted by Gasteiger charge is -2.47. The van der Waals surface area contributed by atoms with E-state index in [2.05, 4.69) is 5.10 Å². The van der Waals surface area contributed by atoms with Crippen molar-refractivity contribution in [3.63, 3.8) is 0 Å². The SMILES string of the molecule is Cc1nn(C)c2c1C(c1cc(C(F)(F)F)cc(C(F)(F)F)c1)(C(C)C)C(C#N)C(N)O2. The molecule has 0 fully saturated rings. The molecule has 5 nitrogen and oxygen atoms in total. The predicted octanol–water partition coefficient (Wildman–Crippen LogP) is 4.53. The highest BCUT2D eigenvalue weighted by Crippen LogP contribution is 2.55. The van der Waals surface area contributed by atoms with Gasteiger partial charge in [-0.1, -0.05) is 13.8 Å². The molecular formula is C20H20F6N4O. The van der Waals surface area contributed by atoms with Crippen molar-refractivity contribution < 1.29 is 31.1 Å². The lowest BCUT2D eigenvalue weighted by Crippen LogP contribution is -2.55. The van der Waals surface area contributed by atoms with Crippen LogP contribution in [0.25, 0.3) is 0 Å². The normalized spacial score (nSPS) is 24.0. The monoisotopic (exact) mass is 446 g/mol. The number of aromatic nitrogens is 2. The van der Waals surface area contributed by atoms with Crippen molar-refractivity contribution in [3.05, 3.63) is 46.1 Å². The molecule has 3 unspecified atom stereocenters. The fraction of sp³-hybridized carbons (Fsp3) is 0.500. The van der Waals surface area contributed by atoms with Crippen molar-refractivity contribution in [2.75, 3.05) is 0 Å². The summed E-state index contributed by atoms with van der Waals surface area (Å²) in [7, 11) is 1.52. The van der Waals surface area contributed by atoms with Crippen LogP contribution in [0.5, 0.6) is 5.88 Å². The van der Waals surface area contributed by atoms with Crippen molar-refractivity contribution in [3.8, 4) is 11.9 Å². The molecule has 0 saturated heterocycles. The molecule has 2 aromatic rings. The van der Waals surface area contributed by atoms with Crippen molar-refractivity contribution in [1.29, 1.82) is 5.26 Å². The molecule has 168 valence electrons. The van der Waals surface area contributed by atoms with E-state index in [9.17, 15) is 31.6 Å². The van der Waals surface area contributed by atoms with E-state index in [0.29, 0.717) is 17.8 Å². The van der Waals surface area contributed by atoms with Crippen LogP contribution in [-0.4, -0.2) is 16.0 Å². The summed E-state index contributed by atoms with van der Waals surface area (Å²) >= 11 is 0. The van der Waals surface area contributed by atoms with E-state index in [0.717, 1.165) is 0 Å². The smallest absolute Gasteiger partial charge is 0.416 e. The molecule has 2 N–H and O–H groups in total. The number of nitrogens with two attached hydrogens (primary N) is 1. The van der Waals surface area contributed by atoms with Crippen LogP contribution in [-0.2, 0) is 24.8 Å². The zero-order chi connectivity index (χ0) is 23.5. The average molecular weight is 446 g/mol. The second kappa shape index (κ2) is 7.15. The first-order chi connectivity index (χ1) is 14.1. The lowest BCUT2D eigenvalue weighted by molar-refractivity contribution is -0.143. The second-order valence-electron chi connectivity index (χ2n) is 7.90. The third kappa shape index (κ3) is 3.43. The van der Waals surface area contributed by atoms with Gasteiger partial charge < -0.3 is 4.74 Å². The van der Waals surface area contributed by atoms with Gasteiger partial charge in [-0.2, -0.15) is 36.7 Å². The quantitative estimate of drug-likeness (QED) is 0.688. The Morgan fingerprint density at radius 3 is 2.06 bits per heavy atom. The summed E-state index contributed by atoms with van der Waals surface area (Å²) in [6.07, 6.45) is -11.4.